The van der Waals surface area contributed by atoms with E-state index in [4.69, 9.17) is 21.1 Å². The lowest BCUT2D eigenvalue weighted by Gasteiger charge is -2.15. The van der Waals surface area contributed by atoms with Crippen LogP contribution in [0.2, 0.25) is 5.02 Å². The van der Waals surface area contributed by atoms with Gasteiger partial charge in [-0.05, 0) is 60.2 Å². The van der Waals surface area contributed by atoms with Crippen LogP contribution in [0.4, 0.5) is 16.2 Å². The van der Waals surface area contributed by atoms with E-state index >= 15 is 0 Å². The lowest BCUT2D eigenvalue weighted by atomic mass is 10.1. The van der Waals surface area contributed by atoms with Crippen molar-refractivity contribution in [2.24, 2.45) is 0 Å². The molecule has 1 N–H and O–H groups in total. The number of nitro benzene ring substituents is 1. The van der Waals surface area contributed by atoms with E-state index in [0.717, 1.165) is 16.7 Å². The highest BCUT2D eigenvalue weighted by atomic mass is 35.5. The van der Waals surface area contributed by atoms with Crippen LogP contribution in [0, 0.1) is 10.1 Å². The Labute approximate surface area is 232 Å². The summed E-state index contributed by atoms with van der Waals surface area (Å²) in [5.74, 6) is -0.445. The maximum Gasteiger partial charge on any atom is 0.293 e. The zero-order valence-electron chi connectivity index (χ0n) is 20.6. The SMILES string of the molecule is CCOc1cc(/C=C2\SC(=O)N(Cc3ccc([N+](=O)[O-])cc3)C2=O)cc(Cl)c1OCC(=O)Nc1ccccc1. The van der Waals surface area contributed by atoms with Gasteiger partial charge in [-0.25, -0.2) is 0 Å². The van der Waals surface area contributed by atoms with Crippen LogP contribution in [0.15, 0.2) is 71.6 Å². The molecule has 1 aliphatic heterocycles. The van der Waals surface area contributed by atoms with Crippen molar-refractivity contribution in [2.75, 3.05) is 18.5 Å². The number of ether oxygens (including phenoxy) is 2. The number of nitrogens with zero attached hydrogens (tertiary/aromatic N) is 2. The number of halogens is 1. The molecule has 3 amide bonds. The molecular weight excluding hydrogens is 546 g/mol. The minimum Gasteiger partial charge on any atom is -0.490 e. The fraction of sp³-hybridized carbons (Fsp3) is 0.148. The summed E-state index contributed by atoms with van der Waals surface area (Å²) in [5, 5.41) is 13.3. The molecule has 39 heavy (non-hydrogen) atoms. The second kappa shape index (κ2) is 12.5. The number of thioether (sulfide) groups is 1. The van der Waals surface area contributed by atoms with Crippen LogP contribution in [0.3, 0.4) is 0 Å². The fourth-order valence-electron chi connectivity index (χ4n) is 3.62. The Morgan fingerprint density at radius 2 is 1.82 bits per heavy atom. The summed E-state index contributed by atoms with van der Waals surface area (Å²) in [4.78, 5) is 49.4. The maximum atomic E-state index is 13.0. The number of benzene rings is 3. The molecule has 3 aromatic carbocycles. The van der Waals surface area contributed by atoms with Gasteiger partial charge in [-0.2, -0.15) is 0 Å². The average Bonchev–Trinajstić information content (AvgIpc) is 3.16. The van der Waals surface area contributed by atoms with Crippen LogP contribution in [0.5, 0.6) is 11.5 Å². The highest BCUT2D eigenvalue weighted by Gasteiger charge is 2.35. The van der Waals surface area contributed by atoms with Gasteiger partial charge < -0.3 is 14.8 Å². The van der Waals surface area contributed by atoms with Gasteiger partial charge in [0, 0.05) is 17.8 Å². The van der Waals surface area contributed by atoms with Gasteiger partial charge in [0.25, 0.3) is 22.7 Å². The number of anilines is 1. The molecule has 0 unspecified atom stereocenters. The Morgan fingerprint density at radius 1 is 1.10 bits per heavy atom. The Kier molecular flexibility index (Phi) is 8.84. The van der Waals surface area contributed by atoms with E-state index in [1.807, 2.05) is 6.07 Å². The number of hydrogen-bond acceptors (Lipinski definition) is 8. The van der Waals surface area contributed by atoms with Crippen LogP contribution < -0.4 is 14.8 Å². The van der Waals surface area contributed by atoms with Crippen LogP contribution >= 0.6 is 23.4 Å². The smallest absolute Gasteiger partial charge is 0.293 e. The van der Waals surface area contributed by atoms with Crippen molar-refractivity contribution in [3.05, 3.63) is 97.9 Å². The van der Waals surface area contributed by atoms with Gasteiger partial charge in [-0.3, -0.25) is 29.4 Å². The first-order chi connectivity index (χ1) is 18.7. The first kappa shape index (κ1) is 27.7. The molecule has 3 aromatic rings. The molecule has 4 rings (SSSR count). The van der Waals surface area contributed by atoms with E-state index < -0.39 is 16.1 Å². The number of carbonyl (C=O) groups is 3. The van der Waals surface area contributed by atoms with Crippen molar-refractivity contribution in [2.45, 2.75) is 13.5 Å². The molecule has 0 aliphatic carbocycles. The van der Waals surface area contributed by atoms with Crippen molar-refractivity contribution in [1.29, 1.82) is 0 Å². The number of para-hydroxylation sites is 1. The minimum absolute atomic E-state index is 0.0250. The molecule has 0 spiro atoms. The first-order valence-corrected chi connectivity index (χ1v) is 12.9. The molecule has 1 aliphatic rings. The second-order valence-corrected chi connectivity index (χ2v) is 9.56. The Balaban J connectivity index is 1.48. The summed E-state index contributed by atoms with van der Waals surface area (Å²) < 4.78 is 11.3. The predicted octanol–water partition coefficient (Wildman–Crippen LogP) is 5.90. The fourth-order valence-corrected chi connectivity index (χ4v) is 4.74. The Bertz CT molecular complexity index is 1450. The van der Waals surface area contributed by atoms with Gasteiger partial charge in [0.2, 0.25) is 0 Å². The third-order valence-corrected chi connectivity index (χ3v) is 6.58. The summed E-state index contributed by atoms with van der Waals surface area (Å²) >= 11 is 7.22. The normalized spacial score (nSPS) is 14.0. The highest BCUT2D eigenvalue weighted by molar-refractivity contribution is 8.18. The van der Waals surface area contributed by atoms with Crippen LogP contribution in [-0.2, 0) is 16.1 Å². The topological polar surface area (TPSA) is 128 Å². The zero-order chi connectivity index (χ0) is 27.9. The number of carbonyl (C=O) groups excluding carboxylic acids is 3. The summed E-state index contributed by atoms with van der Waals surface area (Å²) in [6, 6.07) is 17.7. The summed E-state index contributed by atoms with van der Waals surface area (Å²) in [5.41, 5.74) is 1.60. The minimum atomic E-state index is -0.524. The maximum absolute atomic E-state index is 13.0. The van der Waals surface area contributed by atoms with E-state index in [-0.39, 0.29) is 52.8 Å². The van der Waals surface area contributed by atoms with Gasteiger partial charge in [-0.15, -0.1) is 0 Å². The molecule has 1 saturated heterocycles. The Hall–Kier alpha value is -4.35. The van der Waals surface area contributed by atoms with Crippen molar-refractivity contribution in [3.63, 3.8) is 0 Å². The third kappa shape index (κ3) is 6.95. The lowest BCUT2D eigenvalue weighted by molar-refractivity contribution is -0.384. The molecular formula is C27H22ClN3O7S. The molecule has 12 heteroatoms. The molecule has 0 atom stereocenters. The van der Waals surface area contributed by atoms with E-state index in [9.17, 15) is 24.5 Å². The number of nitrogens with one attached hydrogen (secondary N) is 1. The number of nitro groups is 1. The molecule has 0 bridgehead atoms. The number of amides is 3. The monoisotopic (exact) mass is 567 g/mol. The molecule has 0 saturated carbocycles. The van der Waals surface area contributed by atoms with Crippen molar-refractivity contribution >= 4 is 57.9 Å². The molecule has 1 heterocycles. The van der Waals surface area contributed by atoms with E-state index in [2.05, 4.69) is 5.32 Å². The van der Waals surface area contributed by atoms with Gasteiger partial charge in [-0.1, -0.05) is 41.9 Å². The zero-order valence-corrected chi connectivity index (χ0v) is 22.2. The van der Waals surface area contributed by atoms with E-state index in [1.54, 1.807) is 43.3 Å². The molecule has 10 nitrogen and oxygen atoms in total. The first-order valence-electron chi connectivity index (χ1n) is 11.7. The van der Waals surface area contributed by atoms with E-state index in [1.165, 1.54) is 30.3 Å². The lowest BCUT2D eigenvalue weighted by Crippen LogP contribution is -2.27. The number of rotatable bonds is 10. The molecule has 200 valence electrons. The summed E-state index contributed by atoms with van der Waals surface area (Å²) in [6.07, 6.45) is 1.51. The van der Waals surface area contributed by atoms with E-state index in [0.29, 0.717) is 16.8 Å². The number of imide groups is 1. The van der Waals surface area contributed by atoms with Gasteiger partial charge in [0.1, 0.15) is 0 Å². The number of non-ortho nitro benzene ring substituents is 1. The highest BCUT2D eigenvalue weighted by Crippen LogP contribution is 2.39. The summed E-state index contributed by atoms with van der Waals surface area (Å²) in [6.45, 7) is 1.73. The van der Waals surface area contributed by atoms with Crippen molar-refractivity contribution < 1.29 is 28.8 Å². The molecule has 0 aromatic heterocycles. The third-order valence-electron chi connectivity index (χ3n) is 5.40. The molecule has 0 radical (unpaired) electrons. The second-order valence-electron chi connectivity index (χ2n) is 8.16. The standard InChI is InChI=1S/C27H22ClN3O7S/c1-2-37-22-13-18(12-21(28)25(22)38-16-24(32)29-19-6-4-3-5-7-19)14-23-26(33)30(27(34)39-23)15-17-8-10-20(11-9-17)31(35)36/h3-14H,2,15-16H2,1H3,(H,29,32)/b23-14-. The summed E-state index contributed by atoms with van der Waals surface area (Å²) in [7, 11) is 0. The largest absolute Gasteiger partial charge is 0.490 e. The van der Waals surface area contributed by atoms with Crippen molar-refractivity contribution in [1.82, 2.24) is 4.90 Å². The van der Waals surface area contributed by atoms with Gasteiger partial charge in [0.15, 0.2) is 18.1 Å². The number of hydrogen-bond donors (Lipinski definition) is 1. The van der Waals surface area contributed by atoms with Crippen LogP contribution in [0.1, 0.15) is 18.1 Å². The van der Waals surface area contributed by atoms with Crippen LogP contribution in [0.25, 0.3) is 6.08 Å². The predicted molar refractivity (Wildman–Crippen MR) is 148 cm³/mol. The van der Waals surface area contributed by atoms with Gasteiger partial charge in [0.05, 0.1) is 28.0 Å². The van der Waals surface area contributed by atoms with Gasteiger partial charge >= 0.3 is 0 Å². The van der Waals surface area contributed by atoms with Crippen molar-refractivity contribution in [3.8, 4) is 11.5 Å². The molecule has 1 fully saturated rings. The van der Waals surface area contributed by atoms with Crippen LogP contribution in [-0.4, -0.2) is 40.1 Å². The quantitative estimate of drug-likeness (QED) is 0.182. The Morgan fingerprint density at radius 3 is 2.49 bits per heavy atom. The average molecular weight is 568 g/mol.